The Labute approximate surface area is 118 Å². The van der Waals surface area contributed by atoms with Crippen LogP contribution in [0.4, 0.5) is 10.1 Å². The van der Waals surface area contributed by atoms with Crippen LogP contribution in [-0.2, 0) is 4.79 Å². The molecule has 0 aliphatic carbocycles. The van der Waals surface area contributed by atoms with Crippen LogP contribution in [0.15, 0.2) is 18.2 Å². The molecule has 0 aromatic heterocycles. The number of benzene rings is 1. The molecule has 1 aliphatic heterocycles. The van der Waals surface area contributed by atoms with Crippen molar-refractivity contribution in [2.24, 2.45) is 5.92 Å². The Hall–Kier alpha value is -1.62. The van der Waals surface area contributed by atoms with E-state index in [4.69, 9.17) is 4.74 Å². The molecule has 0 bridgehead atoms. The molecule has 109 valence electrons. The maximum atomic E-state index is 13.5. The number of amides is 1. The fourth-order valence-electron chi connectivity index (χ4n) is 2.40. The van der Waals surface area contributed by atoms with Gasteiger partial charge in [-0.05, 0) is 37.3 Å². The second-order valence-corrected chi connectivity index (χ2v) is 5.07. The molecule has 20 heavy (non-hydrogen) atoms. The highest BCUT2D eigenvalue weighted by molar-refractivity contribution is 5.90. The fourth-order valence-corrected chi connectivity index (χ4v) is 2.40. The smallest absolute Gasteiger partial charge is 0.224 e. The lowest BCUT2D eigenvalue weighted by molar-refractivity contribution is -0.116. The summed E-state index contributed by atoms with van der Waals surface area (Å²) in [6.07, 6.45) is 3.56. The molecule has 1 heterocycles. The van der Waals surface area contributed by atoms with Crippen molar-refractivity contribution in [2.45, 2.75) is 25.7 Å². The van der Waals surface area contributed by atoms with Gasteiger partial charge in [-0.15, -0.1) is 0 Å². The second-order valence-electron chi connectivity index (χ2n) is 5.07. The van der Waals surface area contributed by atoms with Gasteiger partial charge in [0, 0.05) is 31.3 Å². The van der Waals surface area contributed by atoms with Crippen molar-refractivity contribution in [2.75, 3.05) is 25.5 Å². The van der Waals surface area contributed by atoms with E-state index in [-0.39, 0.29) is 11.7 Å². The Morgan fingerprint density at radius 3 is 3.05 bits per heavy atom. The topological polar surface area (TPSA) is 52.4 Å². The first-order valence-corrected chi connectivity index (χ1v) is 6.95. The van der Waals surface area contributed by atoms with Crippen LogP contribution >= 0.6 is 0 Å². The summed E-state index contributed by atoms with van der Waals surface area (Å²) < 4.78 is 18.3. The third-order valence-electron chi connectivity index (χ3n) is 3.53. The summed E-state index contributed by atoms with van der Waals surface area (Å²) in [5.41, 5.74) is 0.460. The highest BCUT2D eigenvalue weighted by Gasteiger charge is 2.15. The Bertz CT molecular complexity index is 459. The number of piperidine rings is 1. The van der Waals surface area contributed by atoms with Gasteiger partial charge in [0.05, 0.1) is 7.11 Å². The summed E-state index contributed by atoms with van der Waals surface area (Å²) in [6, 6.07) is 4.41. The highest BCUT2D eigenvalue weighted by atomic mass is 19.1. The van der Waals surface area contributed by atoms with Gasteiger partial charge in [0.2, 0.25) is 5.91 Å². The van der Waals surface area contributed by atoms with Crippen LogP contribution in [0, 0.1) is 11.7 Å². The zero-order valence-electron chi connectivity index (χ0n) is 11.7. The van der Waals surface area contributed by atoms with E-state index in [1.807, 2.05) is 0 Å². The van der Waals surface area contributed by atoms with Crippen LogP contribution in [0.3, 0.4) is 0 Å². The van der Waals surface area contributed by atoms with Crippen molar-refractivity contribution < 1.29 is 13.9 Å². The number of halogens is 1. The number of rotatable bonds is 5. The number of hydrogen-bond donors (Lipinski definition) is 1. The number of hydrogen-bond acceptors (Lipinski definition) is 2. The molecular formula is C15H20FN2O2. The first kappa shape index (κ1) is 14.8. The van der Waals surface area contributed by atoms with Crippen molar-refractivity contribution in [3.05, 3.63) is 24.0 Å². The number of carbonyl (C=O) groups is 1. The fraction of sp³-hybridized carbons (Fsp3) is 0.533. The molecule has 1 fully saturated rings. The SMILES string of the molecule is COc1ccc(NC(=O)CCC2CCC[N]C2)cc1F. The van der Waals surface area contributed by atoms with E-state index in [9.17, 15) is 9.18 Å². The number of anilines is 1. The molecule has 1 radical (unpaired) electrons. The van der Waals surface area contributed by atoms with Crippen LogP contribution < -0.4 is 15.4 Å². The van der Waals surface area contributed by atoms with Crippen LogP contribution in [-0.4, -0.2) is 26.1 Å². The average Bonchev–Trinajstić information content (AvgIpc) is 2.46. The van der Waals surface area contributed by atoms with E-state index < -0.39 is 5.82 Å². The second kappa shape index (κ2) is 7.24. The van der Waals surface area contributed by atoms with Gasteiger partial charge >= 0.3 is 0 Å². The first-order chi connectivity index (χ1) is 9.69. The van der Waals surface area contributed by atoms with E-state index in [1.54, 1.807) is 6.07 Å². The molecule has 1 atom stereocenters. The molecule has 4 nitrogen and oxygen atoms in total. The summed E-state index contributed by atoms with van der Waals surface area (Å²) in [5.74, 6) is 0.130. The molecule has 0 saturated carbocycles. The lowest BCUT2D eigenvalue weighted by Crippen LogP contribution is -2.25. The summed E-state index contributed by atoms with van der Waals surface area (Å²) in [4.78, 5) is 11.8. The molecule has 1 aromatic rings. The molecule has 1 amide bonds. The third-order valence-corrected chi connectivity index (χ3v) is 3.53. The quantitative estimate of drug-likeness (QED) is 0.900. The Balaban J connectivity index is 1.80. The van der Waals surface area contributed by atoms with Gasteiger partial charge in [0.1, 0.15) is 0 Å². The maximum Gasteiger partial charge on any atom is 0.224 e. The molecular weight excluding hydrogens is 259 g/mol. The molecule has 5 heteroatoms. The Morgan fingerprint density at radius 1 is 1.55 bits per heavy atom. The van der Waals surface area contributed by atoms with Crippen LogP contribution in [0.25, 0.3) is 0 Å². The number of ether oxygens (including phenoxy) is 1. The molecule has 0 spiro atoms. The zero-order chi connectivity index (χ0) is 14.4. The molecule has 2 rings (SSSR count). The van der Waals surface area contributed by atoms with E-state index in [1.165, 1.54) is 19.2 Å². The van der Waals surface area contributed by atoms with Crippen molar-refractivity contribution in [1.82, 2.24) is 5.32 Å². The summed E-state index contributed by atoms with van der Waals surface area (Å²) >= 11 is 0. The van der Waals surface area contributed by atoms with Gasteiger partial charge in [-0.2, -0.15) is 0 Å². The molecule has 1 aromatic carbocycles. The molecule has 1 aliphatic rings. The Morgan fingerprint density at radius 2 is 2.40 bits per heavy atom. The molecule has 1 saturated heterocycles. The predicted octanol–water partition coefficient (Wildman–Crippen LogP) is 2.57. The van der Waals surface area contributed by atoms with E-state index >= 15 is 0 Å². The summed E-state index contributed by atoms with van der Waals surface area (Å²) in [7, 11) is 1.41. The minimum absolute atomic E-state index is 0.0832. The van der Waals surface area contributed by atoms with E-state index in [0.29, 0.717) is 18.0 Å². The number of methoxy groups -OCH3 is 1. The lowest BCUT2D eigenvalue weighted by Gasteiger charge is -2.20. The monoisotopic (exact) mass is 279 g/mol. The average molecular weight is 279 g/mol. The van der Waals surface area contributed by atoms with Gasteiger partial charge in [-0.1, -0.05) is 0 Å². The van der Waals surface area contributed by atoms with E-state index in [2.05, 4.69) is 10.6 Å². The largest absolute Gasteiger partial charge is 0.494 e. The van der Waals surface area contributed by atoms with E-state index in [0.717, 1.165) is 32.4 Å². The number of nitrogens with zero attached hydrogens (tertiary/aromatic N) is 1. The summed E-state index contributed by atoms with van der Waals surface area (Å²) in [6.45, 7) is 1.82. The van der Waals surface area contributed by atoms with Crippen LogP contribution in [0.5, 0.6) is 5.75 Å². The van der Waals surface area contributed by atoms with Gasteiger partial charge in [-0.3, -0.25) is 4.79 Å². The van der Waals surface area contributed by atoms with Gasteiger partial charge in [0.25, 0.3) is 0 Å². The molecule has 1 unspecified atom stereocenters. The predicted molar refractivity (Wildman–Crippen MR) is 75.4 cm³/mol. The number of nitrogens with one attached hydrogen (secondary N) is 1. The van der Waals surface area contributed by atoms with Crippen molar-refractivity contribution in [1.29, 1.82) is 0 Å². The number of carbonyl (C=O) groups excluding carboxylic acids is 1. The van der Waals surface area contributed by atoms with Crippen molar-refractivity contribution in [3.8, 4) is 5.75 Å². The highest BCUT2D eigenvalue weighted by Crippen LogP contribution is 2.21. The van der Waals surface area contributed by atoms with Gasteiger partial charge < -0.3 is 10.1 Å². The van der Waals surface area contributed by atoms with Crippen molar-refractivity contribution >= 4 is 11.6 Å². The minimum Gasteiger partial charge on any atom is -0.494 e. The normalized spacial score (nSPS) is 18.6. The van der Waals surface area contributed by atoms with Gasteiger partial charge in [-0.25, -0.2) is 9.71 Å². The van der Waals surface area contributed by atoms with Crippen molar-refractivity contribution in [3.63, 3.8) is 0 Å². The maximum absolute atomic E-state index is 13.5. The third kappa shape index (κ3) is 4.20. The molecule has 1 N–H and O–H groups in total. The first-order valence-electron chi connectivity index (χ1n) is 6.95. The zero-order valence-corrected chi connectivity index (χ0v) is 11.7. The lowest BCUT2D eigenvalue weighted by atomic mass is 9.94. The van der Waals surface area contributed by atoms with Gasteiger partial charge in [0.15, 0.2) is 11.6 Å². The van der Waals surface area contributed by atoms with Crippen LogP contribution in [0.1, 0.15) is 25.7 Å². The van der Waals surface area contributed by atoms with Crippen LogP contribution in [0.2, 0.25) is 0 Å². The minimum atomic E-state index is -0.476. The standard InChI is InChI=1S/C15H20FN2O2/c1-20-14-6-5-12(9-13(14)16)18-15(19)7-4-11-3-2-8-17-10-11/h5-6,9,11H,2-4,7-8,10H2,1H3,(H,18,19). The summed E-state index contributed by atoms with van der Waals surface area (Å²) in [5, 5.41) is 7.06. The Kier molecular flexibility index (Phi) is 5.35.